The number of nitrogens with one attached hydrogen (secondary N) is 1. The SMILES string of the molecule is CC[C@H](C(=O)NC)N(Cc1ccccc1)C(=O)CN(c1ccc(C)c(C)c1)S(=O)(=O)c1ccccc1. The van der Waals surface area contributed by atoms with Crippen molar-refractivity contribution in [2.75, 3.05) is 17.9 Å². The molecule has 1 atom stereocenters. The summed E-state index contributed by atoms with van der Waals surface area (Å²) in [6.07, 6.45) is 0.382. The monoisotopic (exact) mass is 507 g/mol. The van der Waals surface area contributed by atoms with Gasteiger partial charge in [-0.05, 0) is 61.2 Å². The molecule has 0 radical (unpaired) electrons. The first-order valence-corrected chi connectivity index (χ1v) is 13.3. The molecule has 36 heavy (non-hydrogen) atoms. The summed E-state index contributed by atoms with van der Waals surface area (Å²) in [7, 11) is -2.53. The van der Waals surface area contributed by atoms with Gasteiger partial charge in [0.05, 0.1) is 10.6 Å². The quantitative estimate of drug-likeness (QED) is 0.449. The van der Waals surface area contributed by atoms with Crippen molar-refractivity contribution in [3.8, 4) is 0 Å². The van der Waals surface area contributed by atoms with Crippen LogP contribution in [-0.4, -0.2) is 44.8 Å². The zero-order chi connectivity index (χ0) is 26.3. The maximum Gasteiger partial charge on any atom is 0.264 e. The van der Waals surface area contributed by atoms with E-state index in [1.807, 2.05) is 57.2 Å². The first kappa shape index (κ1) is 26.9. The van der Waals surface area contributed by atoms with Crippen molar-refractivity contribution >= 4 is 27.5 Å². The van der Waals surface area contributed by atoms with Crippen molar-refractivity contribution in [2.24, 2.45) is 0 Å². The molecule has 0 fully saturated rings. The number of carbonyl (C=O) groups excluding carboxylic acids is 2. The third kappa shape index (κ3) is 6.12. The lowest BCUT2D eigenvalue weighted by Crippen LogP contribution is -2.51. The van der Waals surface area contributed by atoms with E-state index in [9.17, 15) is 18.0 Å². The van der Waals surface area contributed by atoms with Crippen LogP contribution in [0.5, 0.6) is 0 Å². The molecule has 0 aliphatic heterocycles. The Morgan fingerprint density at radius 3 is 2.06 bits per heavy atom. The van der Waals surface area contributed by atoms with Gasteiger partial charge in [0.1, 0.15) is 12.6 Å². The molecule has 0 aliphatic rings. The molecule has 2 amide bonds. The smallest absolute Gasteiger partial charge is 0.264 e. The zero-order valence-electron chi connectivity index (χ0n) is 21.1. The van der Waals surface area contributed by atoms with Crippen LogP contribution < -0.4 is 9.62 Å². The minimum atomic E-state index is -4.06. The van der Waals surface area contributed by atoms with E-state index in [2.05, 4.69) is 5.32 Å². The highest BCUT2D eigenvalue weighted by Crippen LogP contribution is 2.26. The lowest BCUT2D eigenvalue weighted by Gasteiger charge is -2.33. The van der Waals surface area contributed by atoms with Crippen molar-refractivity contribution in [2.45, 2.75) is 44.7 Å². The topological polar surface area (TPSA) is 86.8 Å². The Hall–Kier alpha value is -3.65. The molecule has 0 saturated carbocycles. The molecule has 8 heteroatoms. The van der Waals surface area contributed by atoms with Gasteiger partial charge in [-0.2, -0.15) is 0 Å². The minimum absolute atomic E-state index is 0.0870. The number of carbonyl (C=O) groups is 2. The number of hydrogen-bond acceptors (Lipinski definition) is 4. The third-order valence-electron chi connectivity index (χ3n) is 6.22. The number of sulfonamides is 1. The standard InChI is InChI=1S/C28H33N3O4S/c1-5-26(28(33)29-4)30(19-23-12-8-6-9-13-23)27(32)20-31(24-17-16-21(2)22(3)18-24)36(34,35)25-14-10-7-11-15-25/h6-18,26H,5,19-20H2,1-4H3,(H,29,33)/t26-/m1/s1. The number of anilines is 1. The molecule has 7 nitrogen and oxygen atoms in total. The van der Waals surface area contributed by atoms with Crippen molar-refractivity contribution in [1.82, 2.24) is 10.2 Å². The number of rotatable bonds is 10. The fraction of sp³-hybridized carbons (Fsp3) is 0.286. The highest BCUT2D eigenvalue weighted by molar-refractivity contribution is 7.92. The van der Waals surface area contributed by atoms with Gasteiger partial charge in [0.25, 0.3) is 10.0 Å². The summed E-state index contributed by atoms with van der Waals surface area (Å²) in [5, 5.41) is 2.63. The Bertz CT molecular complexity index is 1290. The van der Waals surface area contributed by atoms with Crippen molar-refractivity contribution < 1.29 is 18.0 Å². The van der Waals surface area contributed by atoms with E-state index in [0.717, 1.165) is 21.0 Å². The van der Waals surface area contributed by atoms with Crippen molar-refractivity contribution in [3.05, 3.63) is 95.6 Å². The van der Waals surface area contributed by atoms with Crippen LogP contribution in [0.1, 0.15) is 30.0 Å². The summed E-state index contributed by atoms with van der Waals surface area (Å²) in [5.74, 6) is -0.766. The van der Waals surface area contributed by atoms with Crippen LogP contribution in [0, 0.1) is 13.8 Å². The molecule has 0 heterocycles. The van der Waals surface area contributed by atoms with E-state index in [1.54, 1.807) is 30.3 Å². The number of amides is 2. The molecule has 0 bridgehead atoms. The van der Waals surface area contributed by atoms with Gasteiger partial charge >= 0.3 is 0 Å². The molecule has 3 aromatic rings. The van der Waals surface area contributed by atoms with Gasteiger partial charge in [-0.25, -0.2) is 8.42 Å². The Kier molecular flexibility index (Phi) is 8.88. The molecular weight excluding hydrogens is 474 g/mol. The van der Waals surface area contributed by atoms with Gasteiger partial charge in [-0.1, -0.05) is 61.5 Å². The summed E-state index contributed by atoms with van der Waals surface area (Å²) in [6, 6.07) is 21.9. The van der Waals surface area contributed by atoms with Crippen LogP contribution in [0.4, 0.5) is 5.69 Å². The second kappa shape index (κ2) is 11.9. The van der Waals surface area contributed by atoms with E-state index in [-0.39, 0.29) is 17.3 Å². The first-order chi connectivity index (χ1) is 17.2. The first-order valence-electron chi connectivity index (χ1n) is 11.9. The Labute approximate surface area is 213 Å². The van der Waals surface area contributed by atoms with Gasteiger partial charge in [-0.15, -0.1) is 0 Å². The number of benzene rings is 3. The summed E-state index contributed by atoms with van der Waals surface area (Å²) in [4.78, 5) is 28.1. The summed E-state index contributed by atoms with van der Waals surface area (Å²) in [6.45, 7) is 5.40. The lowest BCUT2D eigenvalue weighted by atomic mass is 10.1. The summed E-state index contributed by atoms with van der Waals surface area (Å²) < 4.78 is 28.6. The second-order valence-electron chi connectivity index (χ2n) is 8.64. The highest BCUT2D eigenvalue weighted by Gasteiger charge is 2.33. The summed E-state index contributed by atoms with van der Waals surface area (Å²) >= 11 is 0. The Balaban J connectivity index is 2.06. The van der Waals surface area contributed by atoms with Gasteiger partial charge in [0, 0.05) is 13.6 Å². The van der Waals surface area contributed by atoms with Crippen LogP contribution in [0.3, 0.4) is 0 Å². The fourth-order valence-electron chi connectivity index (χ4n) is 4.00. The Morgan fingerprint density at radius 2 is 1.50 bits per heavy atom. The van der Waals surface area contributed by atoms with Gasteiger partial charge in [0.2, 0.25) is 11.8 Å². The van der Waals surface area contributed by atoms with Crippen molar-refractivity contribution in [1.29, 1.82) is 0 Å². The lowest BCUT2D eigenvalue weighted by molar-refractivity contribution is -0.140. The van der Waals surface area contributed by atoms with Crippen molar-refractivity contribution in [3.63, 3.8) is 0 Å². The molecule has 3 aromatic carbocycles. The molecule has 0 aromatic heterocycles. The van der Waals surface area contributed by atoms with Crippen LogP contribution in [0.15, 0.2) is 83.8 Å². The van der Waals surface area contributed by atoms with E-state index in [0.29, 0.717) is 12.1 Å². The van der Waals surface area contributed by atoms with Crippen LogP contribution in [-0.2, 0) is 26.2 Å². The van der Waals surface area contributed by atoms with E-state index < -0.39 is 28.5 Å². The highest BCUT2D eigenvalue weighted by atomic mass is 32.2. The fourth-order valence-corrected chi connectivity index (χ4v) is 5.42. The second-order valence-corrected chi connectivity index (χ2v) is 10.5. The van der Waals surface area contributed by atoms with Crippen LogP contribution in [0.25, 0.3) is 0 Å². The molecule has 0 saturated heterocycles. The number of hydrogen-bond donors (Lipinski definition) is 1. The predicted molar refractivity (Wildman–Crippen MR) is 142 cm³/mol. The average Bonchev–Trinajstić information content (AvgIpc) is 2.89. The summed E-state index contributed by atoms with van der Waals surface area (Å²) in [5.41, 5.74) is 3.16. The maximum absolute atomic E-state index is 13.8. The zero-order valence-corrected chi connectivity index (χ0v) is 22.0. The number of aryl methyl sites for hydroxylation is 2. The van der Waals surface area contributed by atoms with Crippen LogP contribution in [0.2, 0.25) is 0 Å². The molecule has 0 spiro atoms. The van der Waals surface area contributed by atoms with Gasteiger partial charge in [-0.3, -0.25) is 13.9 Å². The normalized spacial score (nSPS) is 12.0. The number of nitrogens with zero attached hydrogens (tertiary/aromatic N) is 2. The predicted octanol–water partition coefficient (Wildman–Crippen LogP) is 4.05. The van der Waals surface area contributed by atoms with E-state index >= 15 is 0 Å². The minimum Gasteiger partial charge on any atom is -0.357 e. The van der Waals surface area contributed by atoms with E-state index in [4.69, 9.17) is 0 Å². The average molecular weight is 508 g/mol. The van der Waals surface area contributed by atoms with E-state index in [1.165, 1.54) is 24.1 Å². The molecular formula is C28H33N3O4S. The molecule has 0 aliphatic carbocycles. The maximum atomic E-state index is 13.8. The molecule has 0 unspecified atom stereocenters. The molecule has 190 valence electrons. The molecule has 1 N–H and O–H groups in total. The third-order valence-corrected chi connectivity index (χ3v) is 8.00. The largest absolute Gasteiger partial charge is 0.357 e. The van der Waals surface area contributed by atoms with Gasteiger partial charge < -0.3 is 10.2 Å². The molecule has 3 rings (SSSR count). The number of likely N-dealkylation sites (N-methyl/N-ethyl adjacent to an activating group) is 1. The van der Waals surface area contributed by atoms with Gasteiger partial charge in [0.15, 0.2) is 0 Å². The Morgan fingerprint density at radius 1 is 0.889 bits per heavy atom. The van der Waals surface area contributed by atoms with Crippen LogP contribution >= 0.6 is 0 Å².